The first-order valence-electron chi connectivity index (χ1n) is 11.0. The molecule has 0 bridgehead atoms. The summed E-state index contributed by atoms with van der Waals surface area (Å²) in [6.45, 7) is 3.72. The van der Waals surface area contributed by atoms with Crippen LogP contribution in [-0.2, 0) is 19.7 Å². The maximum Gasteiger partial charge on any atom is 0.339 e. The van der Waals surface area contributed by atoms with Gasteiger partial charge in [-0.25, -0.2) is 9.69 Å². The molecule has 4 amide bonds. The zero-order valence-electron chi connectivity index (χ0n) is 19.7. The van der Waals surface area contributed by atoms with Crippen molar-refractivity contribution in [3.05, 3.63) is 88.5 Å². The third-order valence-electron chi connectivity index (χ3n) is 5.28. The Kier molecular flexibility index (Phi) is 7.33. The van der Waals surface area contributed by atoms with Gasteiger partial charge in [0, 0.05) is 0 Å². The minimum atomic E-state index is -4.15. The lowest BCUT2D eigenvalue weighted by Gasteiger charge is -2.27. The van der Waals surface area contributed by atoms with E-state index in [-0.39, 0.29) is 39.3 Å². The largest absolute Gasteiger partial charge is 0.490 e. The average molecular weight is 541 g/mol. The van der Waals surface area contributed by atoms with Crippen molar-refractivity contribution >= 4 is 51.3 Å². The Morgan fingerprint density at radius 3 is 2.35 bits per heavy atom. The van der Waals surface area contributed by atoms with Crippen LogP contribution in [0, 0.1) is 6.92 Å². The summed E-state index contributed by atoms with van der Waals surface area (Å²) >= 11 is 6.15. The number of hydrogen-bond acceptors (Lipinski definition) is 7. The van der Waals surface area contributed by atoms with Gasteiger partial charge in [-0.1, -0.05) is 47.5 Å². The van der Waals surface area contributed by atoms with Crippen LogP contribution in [0.1, 0.15) is 18.1 Å². The minimum Gasteiger partial charge on any atom is -0.490 e. The number of urea groups is 1. The fourth-order valence-corrected chi connectivity index (χ4v) is 4.66. The smallest absolute Gasteiger partial charge is 0.339 e. The number of para-hydroxylation sites is 1. The summed E-state index contributed by atoms with van der Waals surface area (Å²) in [7, 11) is -4.15. The molecule has 4 rings (SSSR count). The highest BCUT2D eigenvalue weighted by Gasteiger charge is 2.37. The number of anilines is 1. The van der Waals surface area contributed by atoms with Gasteiger partial charge in [-0.05, 0) is 61.9 Å². The Hall–Kier alpha value is -4.15. The molecule has 1 fully saturated rings. The molecular formula is C26H21ClN2O7S. The molecule has 1 heterocycles. The van der Waals surface area contributed by atoms with E-state index in [1.807, 2.05) is 6.92 Å². The molecule has 1 aliphatic rings. The molecule has 0 radical (unpaired) electrons. The van der Waals surface area contributed by atoms with Crippen LogP contribution in [0.25, 0.3) is 6.08 Å². The first-order valence-corrected chi connectivity index (χ1v) is 12.8. The summed E-state index contributed by atoms with van der Waals surface area (Å²) in [6.07, 6.45) is 1.26. The zero-order valence-corrected chi connectivity index (χ0v) is 21.3. The number of benzene rings is 3. The number of ether oxygens (including phenoxy) is 1. The van der Waals surface area contributed by atoms with E-state index >= 15 is 0 Å². The molecule has 0 saturated carbocycles. The van der Waals surface area contributed by atoms with E-state index in [1.165, 1.54) is 48.5 Å². The molecule has 11 heteroatoms. The van der Waals surface area contributed by atoms with Crippen molar-refractivity contribution in [2.75, 3.05) is 11.5 Å². The van der Waals surface area contributed by atoms with Crippen molar-refractivity contribution in [1.29, 1.82) is 0 Å². The SMILES string of the molecule is CCOc1cc(/C=C2\C(=O)NC(=O)N(c3ccccc3Cl)C2=O)ccc1OS(=O)(=O)c1ccc(C)cc1. The van der Waals surface area contributed by atoms with E-state index < -0.39 is 28.0 Å². The number of halogens is 1. The van der Waals surface area contributed by atoms with E-state index in [0.717, 1.165) is 10.5 Å². The third-order valence-corrected chi connectivity index (χ3v) is 6.85. The zero-order chi connectivity index (χ0) is 26.7. The molecule has 3 aromatic rings. The summed E-state index contributed by atoms with van der Waals surface area (Å²) in [6, 6.07) is 15.7. The number of aryl methyl sites for hydroxylation is 1. The minimum absolute atomic E-state index is 0.0273. The highest BCUT2D eigenvalue weighted by atomic mass is 35.5. The van der Waals surface area contributed by atoms with Gasteiger partial charge >= 0.3 is 16.1 Å². The molecule has 3 aromatic carbocycles. The first kappa shape index (κ1) is 25.9. The number of nitrogens with zero attached hydrogens (tertiary/aromatic N) is 1. The highest BCUT2D eigenvalue weighted by molar-refractivity contribution is 7.87. The van der Waals surface area contributed by atoms with Crippen molar-refractivity contribution in [2.24, 2.45) is 0 Å². The van der Waals surface area contributed by atoms with Crippen molar-refractivity contribution in [3.63, 3.8) is 0 Å². The number of nitrogens with one attached hydrogen (secondary N) is 1. The van der Waals surface area contributed by atoms with Crippen molar-refractivity contribution in [3.8, 4) is 11.5 Å². The molecule has 1 N–H and O–H groups in total. The number of carbonyl (C=O) groups excluding carboxylic acids is 3. The van der Waals surface area contributed by atoms with E-state index in [1.54, 1.807) is 31.2 Å². The molecule has 0 aliphatic carbocycles. The van der Waals surface area contributed by atoms with Gasteiger partial charge < -0.3 is 8.92 Å². The molecule has 190 valence electrons. The topological polar surface area (TPSA) is 119 Å². The van der Waals surface area contributed by atoms with Crippen LogP contribution in [0.15, 0.2) is 77.2 Å². The number of amides is 4. The van der Waals surface area contributed by atoms with Gasteiger partial charge in [-0.2, -0.15) is 8.42 Å². The lowest BCUT2D eigenvalue weighted by Crippen LogP contribution is -2.54. The molecule has 0 spiro atoms. The van der Waals surface area contributed by atoms with Gasteiger partial charge in [0.15, 0.2) is 11.5 Å². The summed E-state index contributed by atoms with van der Waals surface area (Å²) in [5, 5.41) is 2.27. The standard InChI is InChI=1S/C26H21ClN2O7S/c1-3-35-23-15-17(10-13-22(23)36-37(33,34)18-11-8-16(2)9-12-18)14-19-24(30)28-26(32)29(25(19)31)21-7-5-4-6-20(21)27/h4-15H,3H2,1-2H3,(H,28,30,32)/b19-14+. The summed E-state index contributed by atoms with van der Waals surface area (Å²) < 4.78 is 36.4. The normalized spacial score (nSPS) is 15.1. The number of barbiturate groups is 1. The molecule has 37 heavy (non-hydrogen) atoms. The van der Waals surface area contributed by atoms with Gasteiger partial charge in [0.05, 0.1) is 17.3 Å². The first-order chi connectivity index (χ1) is 17.6. The average Bonchev–Trinajstić information content (AvgIpc) is 2.84. The van der Waals surface area contributed by atoms with Gasteiger partial charge in [0.2, 0.25) is 0 Å². The molecule has 0 atom stereocenters. The van der Waals surface area contributed by atoms with Crippen LogP contribution in [0.2, 0.25) is 5.02 Å². The van der Waals surface area contributed by atoms with Gasteiger partial charge in [0.1, 0.15) is 10.5 Å². The van der Waals surface area contributed by atoms with Crippen molar-refractivity contribution in [2.45, 2.75) is 18.7 Å². The second kappa shape index (κ2) is 10.5. The molecule has 1 aliphatic heterocycles. The molecule has 0 unspecified atom stereocenters. The molecule has 0 aromatic heterocycles. The quantitative estimate of drug-likeness (QED) is 0.266. The maximum absolute atomic E-state index is 13.1. The van der Waals surface area contributed by atoms with Crippen LogP contribution in [0.3, 0.4) is 0 Å². The summed E-state index contributed by atoms with van der Waals surface area (Å²) in [4.78, 5) is 38.8. The second-order valence-electron chi connectivity index (χ2n) is 7.90. The molecule has 9 nitrogen and oxygen atoms in total. The van der Waals surface area contributed by atoms with E-state index in [4.69, 9.17) is 20.5 Å². The van der Waals surface area contributed by atoms with Gasteiger partial charge in [0.25, 0.3) is 11.8 Å². The predicted octanol–water partition coefficient (Wildman–Crippen LogP) is 4.48. The van der Waals surface area contributed by atoms with Crippen LogP contribution < -0.4 is 19.1 Å². The van der Waals surface area contributed by atoms with Crippen LogP contribution in [0.5, 0.6) is 11.5 Å². The number of rotatable bonds is 7. The van der Waals surface area contributed by atoms with Crippen molar-refractivity contribution in [1.82, 2.24) is 5.32 Å². The molecule has 1 saturated heterocycles. The van der Waals surface area contributed by atoms with E-state index in [2.05, 4.69) is 5.32 Å². The lowest BCUT2D eigenvalue weighted by molar-refractivity contribution is -0.122. The third kappa shape index (κ3) is 5.50. The Balaban J connectivity index is 1.68. The van der Waals surface area contributed by atoms with Crippen molar-refractivity contribution < 1.29 is 31.7 Å². The monoisotopic (exact) mass is 540 g/mol. The fourth-order valence-electron chi connectivity index (χ4n) is 3.50. The number of carbonyl (C=O) groups is 3. The molecular weight excluding hydrogens is 520 g/mol. The number of hydrogen-bond donors (Lipinski definition) is 1. The fraction of sp³-hybridized carbons (Fsp3) is 0.115. The van der Waals surface area contributed by atoms with Crippen LogP contribution >= 0.6 is 11.6 Å². The Bertz CT molecular complexity index is 1530. The highest BCUT2D eigenvalue weighted by Crippen LogP contribution is 2.33. The second-order valence-corrected chi connectivity index (χ2v) is 9.85. The predicted molar refractivity (Wildman–Crippen MR) is 137 cm³/mol. The summed E-state index contributed by atoms with van der Waals surface area (Å²) in [5.41, 5.74) is 1.01. The Labute approximate surface area is 218 Å². The van der Waals surface area contributed by atoms with Crippen LogP contribution in [-0.4, -0.2) is 32.9 Å². The Morgan fingerprint density at radius 1 is 0.973 bits per heavy atom. The maximum atomic E-state index is 13.1. The summed E-state index contributed by atoms with van der Waals surface area (Å²) in [5.74, 6) is -1.76. The van der Waals surface area contributed by atoms with E-state index in [0.29, 0.717) is 5.56 Å². The van der Waals surface area contributed by atoms with Crippen LogP contribution in [0.4, 0.5) is 10.5 Å². The lowest BCUT2D eigenvalue weighted by atomic mass is 10.1. The number of imide groups is 2. The Morgan fingerprint density at radius 2 is 1.68 bits per heavy atom. The van der Waals surface area contributed by atoms with Gasteiger partial charge in [-0.15, -0.1) is 0 Å². The van der Waals surface area contributed by atoms with Gasteiger partial charge in [-0.3, -0.25) is 14.9 Å². The van der Waals surface area contributed by atoms with E-state index in [9.17, 15) is 22.8 Å².